The average Bonchev–Trinajstić information content (AvgIpc) is 3.20. The highest BCUT2D eigenvalue weighted by Gasteiger charge is 2.08. The number of benzene rings is 1. The van der Waals surface area contributed by atoms with E-state index in [0.29, 0.717) is 28.9 Å². The van der Waals surface area contributed by atoms with Crippen molar-refractivity contribution in [3.63, 3.8) is 0 Å². The van der Waals surface area contributed by atoms with Gasteiger partial charge in [-0.25, -0.2) is 0 Å². The lowest BCUT2D eigenvalue weighted by atomic mass is 10.3. The van der Waals surface area contributed by atoms with Crippen LogP contribution in [0.2, 0.25) is 5.02 Å². The number of aryl methyl sites for hydroxylation is 1. The van der Waals surface area contributed by atoms with E-state index in [0.717, 1.165) is 16.7 Å². The molecule has 0 unspecified atom stereocenters. The van der Waals surface area contributed by atoms with Gasteiger partial charge in [0.25, 0.3) is 0 Å². The molecule has 0 fully saturated rings. The summed E-state index contributed by atoms with van der Waals surface area (Å²) in [4.78, 5) is 0. The number of furan rings is 1. The molecule has 8 heteroatoms. The topological polar surface area (TPSA) is 65.4 Å². The Hall–Kier alpha value is -2.25. The van der Waals surface area contributed by atoms with Gasteiger partial charge in [-0.05, 0) is 36.9 Å². The van der Waals surface area contributed by atoms with Crippen molar-refractivity contribution in [3.8, 4) is 5.75 Å². The lowest BCUT2D eigenvalue weighted by Gasteiger charge is -2.05. The Morgan fingerprint density at radius 1 is 1.28 bits per heavy atom. The molecule has 0 aliphatic heterocycles. The lowest BCUT2D eigenvalue weighted by molar-refractivity contribution is 0.270. The van der Waals surface area contributed by atoms with Gasteiger partial charge in [0.1, 0.15) is 23.9 Å². The maximum atomic E-state index is 6.06. The van der Waals surface area contributed by atoms with E-state index in [1.165, 1.54) is 0 Å². The minimum atomic E-state index is 0.292. The second-order valence-corrected chi connectivity index (χ2v) is 6.68. The quantitative estimate of drug-likeness (QED) is 0.451. The molecular weight excluding hydrogens is 360 g/mol. The molecule has 0 N–H and O–H groups in total. The van der Waals surface area contributed by atoms with Crippen LogP contribution in [0, 0.1) is 6.92 Å². The molecule has 0 amide bonds. The second-order valence-electron chi connectivity index (χ2n) is 5.04. The van der Waals surface area contributed by atoms with Crippen LogP contribution in [0.4, 0.5) is 0 Å². The predicted molar refractivity (Wildman–Crippen MR) is 98.6 cm³/mol. The summed E-state index contributed by atoms with van der Waals surface area (Å²) >= 11 is 7.65. The number of hydrogen-bond donors (Lipinski definition) is 0. The zero-order valence-electron chi connectivity index (χ0n) is 13.8. The molecule has 0 atom stereocenters. The van der Waals surface area contributed by atoms with Crippen LogP contribution in [-0.4, -0.2) is 26.8 Å². The molecule has 0 radical (unpaired) electrons. The maximum absolute atomic E-state index is 6.06. The molecule has 3 rings (SSSR count). The molecule has 0 aliphatic rings. The molecule has 2 aromatic heterocycles. The van der Waals surface area contributed by atoms with Gasteiger partial charge in [0.05, 0.1) is 11.2 Å². The highest BCUT2D eigenvalue weighted by Crippen LogP contribution is 2.24. The van der Waals surface area contributed by atoms with Crippen LogP contribution in [0.25, 0.3) is 0 Å². The number of nitrogens with zero attached hydrogens (tertiary/aromatic N) is 4. The van der Waals surface area contributed by atoms with Crippen LogP contribution in [0.1, 0.15) is 24.3 Å². The van der Waals surface area contributed by atoms with Gasteiger partial charge >= 0.3 is 0 Å². The first kappa shape index (κ1) is 17.6. The zero-order valence-corrected chi connectivity index (χ0v) is 15.4. The van der Waals surface area contributed by atoms with Gasteiger partial charge in [0, 0.05) is 0 Å². The van der Waals surface area contributed by atoms with Crippen LogP contribution in [0.5, 0.6) is 5.75 Å². The van der Waals surface area contributed by atoms with Crippen molar-refractivity contribution >= 4 is 29.6 Å². The normalized spacial score (nSPS) is 11.3. The summed E-state index contributed by atoms with van der Waals surface area (Å²) < 4.78 is 13.1. The third-order valence-corrected chi connectivity index (χ3v) is 4.34. The van der Waals surface area contributed by atoms with Crippen molar-refractivity contribution in [2.75, 3.05) is 5.75 Å². The molecule has 0 aliphatic carbocycles. The zero-order chi connectivity index (χ0) is 17.6. The van der Waals surface area contributed by atoms with Crippen LogP contribution < -0.4 is 4.74 Å². The van der Waals surface area contributed by atoms with Crippen molar-refractivity contribution < 1.29 is 9.15 Å². The fourth-order valence-corrected chi connectivity index (χ4v) is 2.91. The average molecular weight is 377 g/mol. The summed E-state index contributed by atoms with van der Waals surface area (Å²) in [5.74, 6) is 3.55. The largest absolute Gasteiger partial charge is 0.484 e. The van der Waals surface area contributed by atoms with E-state index in [2.05, 4.69) is 22.2 Å². The van der Waals surface area contributed by atoms with E-state index in [1.807, 2.05) is 37.3 Å². The Balaban J connectivity index is 1.66. The summed E-state index contributed by atoms with van der Waals surface area (Å²) in [6.07, 6.45) is 1.63. The summed E-state index contributed by atoms with van der Waals surface area (Å²) in [6.45, 7) is 4.20. The highest BCUT2D eigenvalue weighted by molar-refractivity contribution is 7.99. The molecule has 3 aromatic rings. The van der Waals surface area contributed by atoms with Crippen LogP contribution >= 0.6 is 23.4 Å². The van der Waals surface area contributed by atoms with Crippen molar-refractivity contribution in [1.82, 2.24) is 14.9 Å². The Kier molecular flexibility index (Phi) is 5.78. The number of halogens is 1. The monoisotopic (exact) mass is 376 g/mol. The Morgan fingerprint density at radius 3 is 2.92 bits per heavy atom. The van der Waals surface area contributed by atoms with Crippen LogP contribution in [-0.2, 0) is 6.61 Å². The van der Waals surface area contributed by atoms with Crippen LogP contribution in [0.3, 0.4) is 0 Å². The number of aromatic nitrogens is 3. The van der Waals surface area contributed by atoms with E-state index in [-0.39, 0.29) is 0 Å². The van der Waals surface area contributed by atoms with Gasteiger partial charge in [0.15, 0.2) is 5.82 Å². The van der Waals surface area contributed by atoms with Gasteiger partial charge in [-0.15, -0.1) is 10.2 Å². The molecule has 0 spiro atoms. The third kappa shape index (κ3) is 4.43. The number of ether oxygens (including phenoxy) is 1. The summed E-state index contributed by atoms with van der Waals surface area (Å²) in [5.41, 5.74) is 0. The lowest BCUT2D eigenvalue weighted by Crippen LogP contribution is -1.96. The summed E-state index contributed by atoms with van der Waals surface area (Å²) in [7, 11) is 0. The predicted octanol–water partition coefficient (Wildman–Crippen LogP) is 4.41. The molecule has 25 heavy (non-hydrogen) atoms. The van der Waals surface area contributed by atoms with Gasteiger partial charge in [-0.3, -0.25) is 0 Å². The van der Waals surface area contributed by atoms with Gasteiger partial charge in [-0.1, -0.05) is 42.4 Å². The van der Waals surface area contributed by atoms with E-state index in [9.17, 15) is 0 Å². The molecule has 130 valence electrons. The smallest absolute Gasteiger partial charge is 0.212 e. The Morgan fingerprint density at radius 2 is 2.12 bits per heavy atom. The molecule has 0 bridgehead atoms. The molecular formula is C17H17ClN4O2S. The molecule has 0 saturated carbocycles. The molecule has 0 saturated heterocycles. The third-order valence-electron chi connectivity index (χ3n) is 3.23. The Labute approximate surface area is 154 Å². The van der Waals surface area contributed by atoms with Crippen molar-refractivity contribution in [1.29, 1.82) is 0 Å². The van der Waals surface area contributed by atoms with Crippen molar-refractivity contribution in [2.45, 2.75) is 25.6 Å². The number of thioether (sulfide) groups is 1. The summed E-state index contributed by atoms with van der Waals surface area (Å²) in [6, 6.07) is 11.0. The first-order valence-electron chi connectivity index (χ1n) is 7.72. The maximum Gasteiger partial charge on any atom is 0.212 e. The molecule has 1 aromatic carbocycles. The standard InChI is InChI=1S/C17H17ClN4O2S/c1-3-25-17-21-20-12(2)22(17)19-10-13-8-9-14(24-13)11-23-16-7-5-4-6-15(16)18/h4-10H,3,11H2,1-2H3/b19-10-. The molecule has 2 heterocycles. The fourth-order valence-electron chi connectivity index (χ4n) is 2.06. The van der Waals surface area contributed by atoms with Gasteiger partial charge in [0.2, 0.25) is 5.16 Å². The number of hydrogen-bond acceptors (Lipinski definition) is 6. The molecule has 6 nitrogen and oxygen atoms in total. The highest BCUT2D eigenvalue weighted by atomic mass is 35.5. The first-order chi connectivity index (χ1) is 12.2. The first-order valence-corrected chi connectivity index (χ1v) is 9.09. The summed E-state index contributed by atoms with van der Waals surface area (Å²) in [5, 5.41) is 13.8. The van der Waals surface area contributed by atoms with E-state index in [1.54, 1.807) is 28.7 Å². The SMILES string of the molecule is CCSc1nnc(C)n1/N=C\c1ccc(COc2ccccc2Cl)o1. The van der Waals surface area contributed by atoms with E-state index in [4.69, 9.17) is 20.8 Å². The van der Waals surface area contributed by atoms with Gasteiger partial charge < -0.3 is 9.15 Å². The minimum absolute atomic E-state index is 0.292. The van der Waals surface area contributed by atoms with Crippen LogP contribution in [0.15, 0.2) is 51.1 Å². The van der Waals surface area contributed by atoms with Crippen molar-refractivity contribution in [2.24, 2.45) is 5.10 Å². The van der Waals surface area contributed by atoms with E-state index < -0.39 is 0 Å². The number of para-hydroxylation sites is 1. The number of rotatable bonds is 7. The fraction of sp³-hybridized carbons (Fsp3) is 0.235. The van der Waals surface area contributed by atoms with Gasteiger partial charge in [-0.2, -0.15) is 9.78 Å². The van der Waals surface area contributed by atoms with E-state index >= 15 is 0 Å². The second kappa shape index (κ2) is 8.22. The Bertz CT molecular complexity index is 875. The van der Waals surface area contributed by atoms with Crippen molar-refractivity contribution in [3.05, 3.63) is 58.8 Å². The minimum Gasteiger partial charge on any atom is -0.484 e.